The molecule has 0 aliphatic carbocycles. The van der Waals surface area contributed by atoms with Crippen molar-refractivity contribution in [1.29, 1.82) is 0 Å². The highest BCUT2D eigenvalue weighted by Crippen LogP contribution is 2.25. The van der Waals surface area contributed by atoms with Crippen molar-refractivity contribution >= 4 is 27.3 Å². The smallest absolute Gasteiger partial charge is 0.243 e. The predicted molar refractivity (Wildman–Crippen MR) is 134 cm³/mol. The van der Waals surface area contributed by atoms with Crippen LogP contribution in [-0.2, 0) is 21.4 Å². The lowest BCUT2D eigenvalue weighted by Crippen LogP contribution is -2.35. The lowest BCUT2D eigenvalue weighted by molar-refractivity contribution is -0.114. The molecule has 2 aromatic rings. The molecule has 0 atom stereocenters. The number of benzene rings is 2. The molecule has 0 aromatic heterocycles. The second kappa shape index (κ2) is 11.6. The van der Waals surface area contributed by atoms with Crippen molar-refractivity contribution in [2.75, 3.05) is 43.4 Å². The molecule has 1 aliphatic rings. The van der Waals surface area contributed by atoms with E-state index in [9.17, 15) is 13.2 Å². The first-order chi connectivity index (χ1) is 15.8. The molecule has 1 amide bonds. The molecule has 1 heterocycles. The van der Waals surface area contributed by atoms with Gasteiger partial charge in [-0.25, -0.2) is 8.42 Å². The topological polar surface area (TPSA) is 81.8 Å². The quantitative estimate of drug-likeness (QED) is 0.545. The molecular weight excluding hydrogens is 436 g/mol. The highest BCUT2D eigenvalue weighted by atomic mass is 32.2. The van der Waals surface area contributed by atoms with Crippen molar-refractivity contribution in [1.82, 2.24) is 9.21 Å². The molecular formula is C25H36N4O3S. The number of piperidine rings is 1. The summed E-state index contributed by atoms with van der Waals surface area (Å²) in [6.07, 6.45) is 2.83. The van der Waals surface area contributed by atoms with Gasteiger partial charge in [-0.2, -0.15) is 4.31 Å². The molecule has 0 radical (unpaired) electrons. The zero-order chi connectivity index (χ0) is 23.8. The lowest BCUT2D eigenvalue weighted by Gasteiger charge is -2.26. The van der Waals surface area contributed by atoms with Crippen LogP contribution in [0.5, 0.6) is 0 Å². The summed E-state index contributed by atoms with van der Waals surface area (Å²) in [5.41, 5.74) is 3.41. The molecule has 2 N–H and O–H groups in total. The van der Waals surface area contributed by atoms with E-state index < -0.39 is 10.0 Å². The van der Waals surface area contributed by atoms with E-state index in [1.54, 1.807) is 22.5 Å². The molecule has 7 nitrogen and oxygen atoms in total. The number of anilines is 2. The molecule has 180 valence electrons. The van der Waals surface area contributed by atoms with Crippen LogP contribution >= 0.6 is 0 Å². The Labute approximate surface area is 198 Å². The number of aryl methyl sites for hydroxylation is 1. The zero-order valence-corrected chi connectivity index (χ0v) is 20.7. The van der Waals surface area contributed by atoms with Crippen LogP contribution in [0.25, 0.3) is 0 Å². The fourth-order valence-corrected chi connectivity index (χ4v) is 5.58. The largest absolute Gasteiger partial charge is 0.376 e. The van der Waals surface area contributed by atoms with Crippen molar-refractivity contribution in [2.24, 2.45) is 0 Å². The molecule has 8 heteroatoms. The third-order valence-electron chi connectivity index (χ3n) is 6.18. The number of rotatable bonds is 10. The first kappa shape index (κ1) is 25.2. The molecule has 1 aliphatic heterocycles. The Hall–Kier alpha value is -2.42. The monoisotopic (exact) mass is 472 g/mol. The predicted octanol–water partition coefficient (Wildman–Crippen LogP) is 4.06. The molecule has 0 spiro atoms. The molecule has 0 bridgehead atoms. The highest BCUT2D eigenvalue weighted by molar-refractivity contribution is 7.89. The average molecular weight is 473 g/mol. The third-order valence-corrected chi connectivity index (χ3v) is 8.08. The van der Waals surface area contributed by atoms with Gasteiger partial charge in [0.15, 0.2) is 0 Å². The van der Waals surface area contributed by atoms with Crippen LogP contribution in [-0.4, -0.2) is 56.3 Å². The van der Waals surface area contributed by atoms with Gasteiger partial charge < -0.3 is 10.6 Å². The van der Waals surface area contributed by atoms with Crippen LogP contribution in [0.3, 0.4) is 0 Å². The Balaban J connectivity index is 1.67. The van der Waals surface area contributed by atoms with E-state index in [1.807, 2.05) is 25.1 Å². The lowest BCUT2D eigenvalue weighted by atomic mass is 10.1. The molecule has 1 fully saturated rings. The maximum atomic E-state index is 13.0. The normalized spacial score (nSPS) is 14.9. The van der Waals surface area contributed by atoms with E-state index >= 15 is 0 Å². The van der Waals surface area contributed by atoms with Gasteiger partial charge in [-0.15, -0.1) is 0 Å². The number of nitrogens with zero attached hydrogens (tertiary/aromatic N) is 2. The standard InChI is InChI=1S/C25H36N4O3S/c1-4-28(5-2)19-21-11-7-8-12-23(21)26-18-25(30)27-24-17-22(14-13-20(24)3)33(31,32)29-15-9-6-10-16-29/h7-8,11-14,17,26H,4-6,9-10,15-16,18-19H2,1-3H3,(H,27,30). The summed E-state index contributed by atoms with van der Waals surface area (Å²) in [6, 6.07) is 12.9. The van der Waals surface area contributed by atoms with E-state index in [4.69, 9.17) is 0 Å². The fourth-order valence-electron chi connectivity index (χ4n) is 4.04. The van der Waals surface area contributed by atoms with Crippen molar-refractivity contribution in [3.63, 3.8) is 0 Å². The van der Waals surface area contributed by atoms with Gasteiger partial charge in [0.25, 0.3) is 0 Å². The van der Waals surface area contributed by atoms with Gasteiger partial charge in [-0.1, -0.05) is 44.5 Å². The molecule has 0 saturated carbocycles. The van der Waals surface area contributed by atoms with Crippen LogP contribution in [0, 0.1) is 6.92 Å². The Morgan fingerprint density at radius 2 is 1.70 bits per heavy atom. The van der Waals surface area contributed by atoms with Crippen molar-refractivity contribution in [3.05, 3.63) is 53.6 Å². The van der Waals surface area contributed by atoms with Crippen LogP contribution in [0.15, 0.2) is 47.4 Å². The van der Waals surface area contributed by atoms with Gasteiger partial charge in [-0.3, -0.25) is 9.69 Å². The van der Waals surface area contributed by atoms with Crippen LogP contribution in [0.4, 0.5) is 11.4 Å². The fraction of sp³-hybridized carbons (Fsp3) is 0.480. The van der Waals surface area contributed by atoms with Crippen molar-refractivity contribution in [2.45, 2.75) is 51.5 Å². The first-order valence-electron chi connectivity index (χ1n) is 11.8. The summed E-state index contributed by atoms with van der Waals surface area (Å²) in [4.78, 5) is 15.2. The van der Waals surface area contributed by atoms with Gasteiger partial charge in [0.1, 0.15) is 0 Å². The van der Waals surface area contributed by atoms with E-state index in [1.165, 1.54) is 0 Å². The Morgan fingerprint density at radius 1 is 1.00 bits per heavy atom. The van der Waals surface area contributed by atoms with E-state index in [0.717, 1.165) is 55.7 Å². The summed E-state index contributed by atoms with van der Waals surface area (Å²) < 4.78 is 27.6. The maximum Gasteiger partial charge on any atom is 0.243 e. The van der Waals surface area contributed by atoms with Gasteiger partial charge >= 0.3 is 0 Å². The third kappa shape index (κ3) is 6.56. The van der Waals surface area contributed by atoms with E-state index in [0.29, 0.717) is 18.8 Å². The molecule has 33 heavy (non-hydrogen) atoms. The highest BCUT2D eigenvalue weighted by Gasteiger charge is 2.26. The Morgan fingerprint density at radius 3 is 2.39 bits per heavy atom. The first-order valence-corrected chi connectivity index (χ1v) is 13.2. The number of carbonyl (C=O) groups excluding carboxylic acids is 1. The number of para-hydroxylation sites is 1. The maximum absolute atomic E-state index is 13.0. The van der Waals surface area contributed by atoms with Gasteiger partial charge in [0.2, 0.25) is 15.9 Å². The van der Waals surface area contributed by atoms with Crippen LogP contribution in [0.2, 0.25) is 0 Å². The number of amides is 1. The average Bonchev–Trinajstić information content (AvgIpc) is 2.83. The number of carbonyl (C=O) groups is 1. The zero-order valence-electron chi connectivity index (χ0n) is 19.9. The minimum absolute atomic E-state index is 0.0950. The molecule has 2 aromatic carbocycles. The van der Waals surface area contributed by atoms with E-state index in [-0.39, 0.29) is 17.3 Å². The van der Waals surface area contributed by atoms with Gasteiger partial charge in [0, 0.05) is 31.0 Å². The van der Waals surface area contributed by atoms with Crippen molar-refractivity contribution in [3.8, 4) is 0 Å². The Bertz CT molecular complexity index is 1050. The second-order valence-electron chi connectivity index (χ2n) is 8.46. The molecule has 1 saturated heterocycles. The molecule has 3 rings (SSSR count). The van der Waals surface area contributed by atoms with Gasteiger partial charge in [-0.05, 0) is 62.2 Å². The number of hydrogen-bond acceptors (Lipinski definition) is 5. The summed E-state index contributed by atoms with van der Waals surface area (Å²) in [5.74, 6) is -0.219. The summed E-state index contributed by atoms with van der Waals surface area (Å²) >= 11 is 0. The number of nitrogens with one attached hydrogen (secondary N) is 2. The second-order valence-corrected chi connectivity index (χ2v) is 10.4. The van der Waals surface area contributed by atoms with Crippen molar-refractivity contribution < 1.29 is 13.2 Å². The summed E-state index contributed by atoms with van der Waals surface area (Å²) in [5, 5.41) is 6.12. The minimum Gasteiger partial charge on any atom is -0.376 e. The van der Waals surface area contributed by atoms with Crippen LogP contribution in [0.1, 0.15) is 44.2 Å². The molecule has 0 unspecified atom stereocenters. The minimum atomic E-state index is -3.55. The van der Waals surface area contributed by atoms with E-state index in [2.05, 4.69) is 35.4 Å². The summed E-state index contributed by atoms with van der Waals surface area (Å²) in [7, 11) is -3.55. The SMILES string of the molecule is CCN(CC)Cc1ccccc1NCC(=O)Nc1cc(S(=O)(=O)N2CCCCC2)ccc1C. The van der Waals surface area contributed by atoms with Crippen LogP contribution < -0.4 is 10.6 Å². The Kier molecular flexibility index (Phi) is 8.88. The number of sulfonamides is 1. The number of hydrogen-bond donors (Lipinski definition) is 2. The summed E-state index contributed by atoms with van der Waals surface area (Å²) in [6.45, 7) is 10.1. The van der Waals surface area contributed by atoms with Gasteiger partial charge in [0.05, 0.1) is 11.4 Å².